The highest BCUT2D eigenvalue weighted by molar-refractivity contribution is 6.06. The molecular weight excluding hydrogens is 248 g/mol. The maximum absolute atomic E-state index is 12.6. The minimum atomic E-state index is 0.0138. The van der Waals surface area contributed by atoms with E-state index in [0.717, 1.165) is 12.1 Å². The van der Waals surface area contributed by atoms with Crippen LogP contribution in [0.4, 0.5) is 11.4 Å². The van der Waals surface area contributed by atoms with Gasteiger partial charge in [-0.05, 0) is 55.3 Å². The first-order chi connectivity index (χ1) is 9.65. The Labute approximate surface area is 120 Å². The highest BCUT2D eigenvalue weighted by atomic mass is 16.2. The summed E-state index contributed by atoms with van der Waals surface area (Å²) in [7, 11) is 0. The molecule has 2 aromatic rings. The summed E-state index contributed by atoms with van der Waals surface area (Å²) in [6.07, 6.45) is 0.976. The van der Waals surface area contributed by atoms with Crippen LogP contribution in [0.15, 0.2) is 48.5 Å². The van der Waals surface area contributed by atoms with Crippen molar-refractivity contribution in [2.75, 3.05) is 17.2 Å². The molecule has 0 unspecified atom stereocenters. The third-order valence-electron chi connectivity index (χ3n) is 3.38. The van der Waals surface area contributed by atoms with Crippen LogP contribution in [-0.2, 0) is 6.42 Å². The highest BCUT2D eigenvalue weighted by Crippen LogP contribution is 2.19. The minimum absolute atomic E-state index is 0.0138. The van der Waals surface area contributed by atoms with Gasteiger partial charge in [-0.15, -0.1) is 0 Å². The number of hydrogen-bond acceptors (Lipinski definition) is 2. The fourth-order valence-corrected chi connectivity index (χ4v) is 2.14. The number of nitrogens with two attached hydrogens (primary N) is 1. The van der Waals surface area contributed by atoms with E-state index in [0.29, 0.717) is 17.8 Å². The van der Waals surface area contributed by atoms with Crippen molar-refractivity contribution in [2.45, 2.75) is 20.3 Å². The number of anilines is 2. The van der Waals surface area contributed by atoms with Crippen LogP contribution in [-0.4, -0.2) is 12.5 Å². The zero-order chi connectivity index (χ0) is 14.5. The zero-order valence-corrected chi connectivity index (χ0v) is 12.0. The third kappa shape index (κ3) is 2.99. The molecule has 0 atom stereocenters. The normalized spacial score (nSPS) is 10.3. The van der Waals surface area contributed by atoms with Crippen molar-refractivity contribution in [2.24, 2.45) is 0 Å². The van der Waals surface area contributed by atoms with Crippen molar-refractivity contribution in [3.63, 3.8) is 0 Å². The lowest BCUT2D eigenvalue weighted by molar-refractivity contribution is 0.0988. The van der Waals surface area contributed by atoms with Crippen molar-refractivity contribution in [1.29, 1.82) is 0 Å². The molecule has 0 aliphatic heterocycles. The quantitative estimate of drug-likeness (QED) is 0.863. The van der Waals surface area contributed by atoms with Crippen LogP contribution in [0.1, 0.15) is 29.8 Å². The first-order valence-corrected chi connectivity index (χ1v) is 6.92. The maximum Gasteiger partial charge on any atom is 0.258 e. The van der Waals surface area contributed by atoms with Crippen LogP contribution < -0.4 is 10.6 Å². The maximum atomic E-state index is 12.6. The summed E-state index contributed by atoms with van der Waals surface area (Å²) in [5.41, 5.74) is 9.19. The van der Waals surface area contributed by atoms with Crippen molar-refractivity contribution >= 4 is 17.3 Å². The van der Waals surface area contributed by atoms with Gasteiger partial charge in [-0.25, -0.2) is 0 Å². The standard InChI is InChI=1S/C17H20N2O/c1-3-13-5-7-14(8-6-13)17(20)19(4-2)16-11-9-15(18)10-12-16/h5-12H,3-4,18H2,1-2H3. The van der Waals surface area contributed by atoms with E-state index in [2.05, 4.69) is 6.92 Å². The molecule has 20 heavy (non-hydrogen) atoms. The van der Waals surface area contributed by atoms with E-state index in [1.54, 1.807) is 4.90 Å². The number of carbonyl (C=O) groups excluding carboxylic acids is 1. The van der Waals surface area contributed by atoms with Crippen molar-refractivity contribution in [1.82, 2.24) is 0 Å². The molecule has 2 N–H and O–H groups in total. The van der Waals surface area contributed by atoms with Gasteiger partial charge >= 0.3 is 0 Å². The number of amides is 1. The van der Waals surface area contributed by atoms with Crippen LogP contribution in [0, 0.1) is 0 Å². The van der Waals surface area contributed by atoms with Crippen molar-refractivity contribution in [3.8, 4) is 0 Å². The summed E-state index contributed by atoms with van der Waals surface area (Å²) >= 11 is 0. The van der Waals surface area contributed by atoms with Crippen LogP contribution >= 0.6 is 0 Å². The lowest BCUT2D eigenvalue weighted by Gasteiger charge is -2.21. The van der Waals surface area contributed by atoms with E-state index in [1.165, 1.54) is 5.56 Å². The summed E-state index contributed by atoms with van der Waals surface area (Å²) in [6, 6.07) is 15.2. The monoisotopic (exact) mass is 268 g/mol. The van der Waals surface area contributed by atoms with Gasteiger partial charge in [0, 0.05) is 23.5 Å². The summed E-state index contributed by atoms with van der Waals surface area (Å²) in [5, 5.41) is 0. The van der Waals surface area contributed by atoms with Crippen LogP contribution in [0.3, 0.4) is 0 Å². The molecule has 2 aromatic carbocycles. The third-order valence-corrected chi connectivity index (χ3v) is 3.38. The van der Waals surface area contributed by atoms with E-state index in [9.17, 15) is 4.79 Å². The van der Waals surface area contributed by atoms with Crippen LogP contribution in [0.5, 0.6) is 0 Å². The fraction of sp³-hybridized carbons (Fsp3) is 0.235. The molecule has 0 bridgehead atoms. The molecule has 0 radical (unpaired) electrons. The Kier molecular flexibility index (Phi) is 4.41. The molecule has 0 saturated heterocycles. The second-order valence-corrected chi connectivity index (χ2v) is 4.69. The first kappa shape index (κ1) is 14.1. The van der Waals surface area contributed by atoms with E-state index >= 15 is 0 Å². The smallest absolute Gasteiger partial charge is 0.258 e. The molecule has 0 aliphatic carbocycles. The molecule has 0 spiro atoms. The number of nitrogen functional groups attached to an aromatic ring is 1. The number of benzene rings is 2. The van der Waals surface area contributed by atoms with Crippen molar-refractivity contribution < 1.29 is 4.79 Å². The molecule has 0 aliphatic rings. The number of rotatable bonds is 4. The lowest BCUT2D eigenvalue weighted by Crippen LogP contribution is -2.30. The van der Waals surface area contributed by atoms with Crippen molar-refractivity contribution in [3.05, 3.63) is 59.7 Å². The zero-order valence-electron chi connectivity index (χ0n) is 12.0. The Morgan fingerprint density at radius 1 is 1.00 bits per heavy atom. The Balaban J connectivity index is 2.26. The predicted octanol–water partition coefficient (Wildman–Crippen LogP) is 3.50. The SMILES string of the molecule is CCc1ccc(C(=O)N(CC)c2ccc(N)cc2)cc1. The first-order valence-electron chi connectivity index (χ1n) is 6.92. The molecule has 104 valence electrons. The summed E-state index contributed by atoms with van der Waals surface area (Å²) in [4.78, 5) is 14.3. The molecule has 0 heterocycles. The Morgan fingerprint density at radius 2 is 1.60 bits per heavy atom. The largest absolute Gasteiger partial charge is 0.399 e. The van der Waals surface area contributed by atoms with Crippen LogP contribution in [0.2, 0.25) is 0 Å². The molecule has 3 nitrogen and oxygen atoms in total. The minimum Gasteiger partial charge on any atom is -0.399 e. The van der Waals surface area contributed by atoms with E-state index in [4.69, 9.17) is 5.73 Å². The van der Waals surface area contributed by atoms with E-state index in [1.807, 2.05) is 55.5 Å². The highest BCUT2D eigenvalue weighted by Gasteiger charge is 2.15. The number of nitrogens with zero attached hydrogens (tertiary/aromatic N) is 1. The van der Waals surface area contributed by atoms with E-state index in [-0.39, 0.29) is 5.91 Å². The predicted molar refractivity (Wildman–Crippen MR) is 84.0 cm³/mol. The average molecular weight is 268 g/mol. The molecule has 0 saturated carbocycles. The van der Waals surface area contributed by atoms with Gasteiger partial charge in [0.25, 0.3) is 5.91 Å². The lowest BCUT2D eigenvalue weighted by atomic mass is 10.1. The Bertz CT molecular complexity index is 573. The van der Waals surface area contributed by atoms with Gasteiger partial charge in [0.2, 0.25) is 0 Å². The number of hydrogen-bond donors (Lipinski definition) is 1. The topological polar surface area (TPSA) is 46.3 Å². The summed E-state index contributed by atoms with van der Waals surface area (Å²) < 4.78 is 0. The Morgan fingerprint density at radius 3 is 2.10 bits per heavy atom. The average Bonchev–Trinajstić information content (AvgIpc) is 2.50. The van der Waals surface area contributed by atoms with E-state index < -0.39 is 0 Å². The van der Waals surface area contributed by atoms with Gasteiger partial charge in [0.1, 0.15) is 0 Å². The fourth-order valence-electron chi connectivity index (χ4n) is 2.14. The second kappa shape index (κ2) is 6.24. The van der Waals surface area contributed by atoms with Gasteiger partial charge in [0.15, 0.2) is 0 Å². The Hall–Kier alpha value is -2.29. The van der Waals surface area contributed by atoms with Gasteiger partial charge < -0.3 is 10.6 Å². The molecular formula is C17H20N2O. The number of aryl methyl sites for hydroxylation is 1. The van der Waals surface area contributed by atoms with Gasteiger partial charge in [-0.3, -0.25) is 4.79 Å². The molecule has 2 rings (SSSR count). The van der Waals surface area contributed by atoms with Crippen LogP contribution in [0.25, 0.3) is 0 Å². The van der Waals surface area contributed by atoms with Gasteiger partial charge in [-0.2, -0.15) is 0 Å². The molecule has 3 heteroatoms. The summed E-state index contributed by atoms with van der Waals surface area (Å²) in [5.74, 6) is 0.0138. The molecule has 1 amide bonds. The second-order valence-electron chi connectivity index (χ2n) is 4.69. The number of carbonyl (C=O) groups is 1. The molecule has 0 fully saturated rings. The van der Waals surface area contributed by atoms with Gasteiger partial charge in [-0.1, -0.05) is 19.1 Å². The summed E-state index contributed by atoms with van der Waals surface area (Å²) in [6.45, 7) is 4.69. The molecule has 0 aromatic heterocycles. The van der Waals surface area contributed by atoms with Gasteiger partial charge in [0.05, 0.1) is 0 Å².